The highest BCUT2D eigenvalue weighted by Gasteiger charge is 2.39. The van der Waals surface area contributed by atoms with Gasteiger partial charge < -0.3 is 9.88 Å². The number of H-pyrrole nitrogens is 1. The minimum absolute atomic E-state index is 0.126. The van der Waals surface area contributed by atoms with Gasteiger partial charge in [0.1, 0.15) is 22.5 Å². The first-order chi connectivity index (χ1) is 12.5. The number of aromatic nitrogens is 2. The van der Waals surface area contributed by atoms with Crippen molar-refractivity contribution in [3.8, 4) is 0 Å². The van der Waals surface area contributed by atoms with Crippen molar-refractivity contribution in [1.82, 2.24) is 9.97 Å². The third-order valence-corrected chi connectivity index (χ3v) is 6.64. The molecule has 1 fully saturated rings. The van der Waals surface area contributed by atoms with Crippen molar-refractivity contribution in [3.05, 3.63) is 54.6 Å². The van der Waals surface area contributed by atoms with Gasteiger partial charge in [-0.05, 0) is 30.3 Å². The fourth-order valence-corrected chi connectivity index (χ4v) is 5.13. The van der Waals surface area contributed by atoms with Crippen molar-refractivity contribution < 1.29 is 17.6 Å². The van der Waals surface area contributed by atoms with Gasteiger partial charge in [0.2, 0.25) is 0 Å². The standard InChI is InChI=1S/C18H16FN3O3S/c19-12-3-1-4-14(9-12)26(24,25)17-10-13(23)6-8-22(17)16-11-21-15-5-2-7-20-18(15)16/h1-5,7,9,11,17,21H,6,8,10H2. The Labute approximate surface area is 149 Å². The largest absolute Gasteiger partial charge is 0.358 e. The predicted octanol–water partition coefficient (Wildman–Crippen LogP) is 2.67. The zero-order valence-corrected chi connectivity index (χ0v) is 14.5. The molecule has 3 heterocycles. The number of fused-ring (bicyclic) bond motifs is 1. The van der Waals surface area contributed by atoms with E-state index in [1.165, 1.54) is 18.2 Å². The molecule has 0 radical (unpaired) electrons. The van der Waals surface area contributed by atoms with E-state index < -0.39 is 21.0 Å². The van der Waals surface area contributed by atoms with E-state index in [0.717, 1.165) is 11.6 Å². The smallest absolute Gasteiger partial charge is 0.199 e. The van der Waals surface area contributed by atoms with Crippen molar-refractivity contribution in [1.29, 1.82) is 0 Å². The number of hydrogen-bond donors (Lipinski definition) is 1. The molecule has 3 aromatic rings. The maximum Gasteiger partial charge on any atom is 0.199 e. The highest BCUT2D eigenvalue weighted by molar-refractivity contribution is 7.92. The van der Waals surface area contributed by atoms with Crippen LogP contribution in [0.2, 0.25) is 0 Å². The number of benzene rings is 1. The van der Waals surface area contributed by atoms with Crippen LogP contribution in [0, 0.1) is 5.82 Å². The molecule has 1 aliphatic heterocycles. The van der Waals surface area contributed by atoms with Crippen LogP contribution in [0.1, 0.15) is 12.8 Å². The van der Waals surface area contributed by atoms with Crippen LogP contribution in [-0.2, 0) is 14.6 Å². The van der Waals surface area contributed by atoms with Crippen molar-refractivity contribution >= 4 is 32.3 Å². The Morgan fingerprint density at radius 1 is 1.23 bits per heavy atom. The second-order valence-electron chi connectivity index (χ2n) is 6.22. The molecular weight excluding hydrogens is 357 g/mol. The van der Waals surface area contributed by atoms with Gasteiger partial charge in [-0.25, -0.2) is 12.8 Å². The Morgan fingerprint density at radius 3 is 2.88 bits per heavy atom. The monoisotopic (exact) mass is 373 g/mol. The van der Waals surface area contributed by atoms with E-state index in [2.05, 4.69) is 9.97 Å². The van der Waals surface area contributed by atoms with Crippen LogP contribution in [-0.4, -0.2) is 36.1 Å². The summed E-state index contributed by atoms with van der Waals surface area (Å²) in [7, 11) is -3.94. The number of Topliss-reactive ketones (excluding diaryl/α,β-unsaturated/α-hetero) is 1. The number of aromatic amines is 1. The average Bonchev–Trinajstić information content (AvgIpc) is 3.06. The van der Waals surface area contributed by atoms with E-state index in [0.29, 0.717) is 11.2 Å². The van der Waals surface area contributed by atoms with Crippen LogP contribution in [0.4, 0.5) is 10.1 Å². The number of halogens is 1. The number of hydrogen-bond acceptors (Lipinski definition) is 5. The molecule has 8 heteroatoms. The SMILES string of the molecule is O=C1CCN(c2c[nH]c3cccnc23)C(S(=O)(=O)c2cccc(F)c2)C1. The van der Waals surface area contributed by atoms with Gasteiger partial charge in [0, 0.05) is 31.8 Å². The van der Waals surface area contributed by atoms with Crippen LogP contribution in [0.5, 0.6) is 0 Å². The highest BCUT2D eigenvalue weighted by atomic mass is 32.2. The van der Waals surface area contributed by atoms with Gasteiger partial charge in [0.25, 0.3) is 0 Å². The predicted molar refractivity (Wildman–Crippen MR) is 95.1 cm³/mol. The number of sulfone groups is 1. The zero-order valence-electron chi connectivity index (χ0n) is 13.7. The van der Waals surface area contributed by atoms with Crippen LogP contribution >= 0.6 is 0 Å². The summed E-state index contributed by atoms with van der Waals surface area (Å²) >= 11 is 0. The molecule has 0 amide bonds. The molecule has 26 heavy (non-hydrogen) atoms. The first-order valence-corrected chi connectivity index (χ1v) is 9.71. The maximum absolute atomic E-state index is 13.6. The number of carbonyl (C=O) groups is 1. The minimum Gasteiger partial charge on any atom is -0.358 e. The first kappa shape index (κ1) is 16.7. The van der Waals surface area contributed by atoms with Crippen LogP contribution in [0.25, 0.3) is 11.0 Å². The fourth-order valence-electron chi connectivity index (χ4n) is 3.31. The Balaban J connectivity index is 1.82. The molecular formula is C18H16FN3O3S. The summed E-state index contributed by atoms with van der Waals surface area (Å²) in [6.07, 6.45) is 3.44. The third kappa shape index (κ3) is 2.76. The fraction of sp³-hybridized carbons (Fsp3) is 0.222. The van der Waals surface area contributed by atoms with E-state index in [9.17, 15) is 17.6 Å². The Morgan fingerprint density at radius 2 is 2.08 bits per heavy atom. The van der Waals surface area contributed by atoms with E-state index >= 15 is 0 Å². The Kier molecular flexibility index (Phi) is 3.99. The minimum atomic E-state index is -3.94. The maximum atomic E-state index is 13.6. The number of pyridine rings is 1. The lowest BCUT2D eigenvalue weighted by Crippen LogP contribution is -2.47. The summed E-state index contributed by atoms with van der Waals surface area (Å²) in [5.41, 5.74) is 2.04. The number of ketones is 1. The van der Waals surface area contributed by atoms with E-state index in [-0.39, 0.29) is 30.1 Å². The molecule has 1 atom stereocenters. The summed E-state index contributed by atoms with van der Waals surface area (Å²) in [4.78, 5) is 21.0. The average molecular weight is 373 g/mol. The van der Waals surface area contributed by atoms with E-state index in [1.54, 1.807) is 23.4 Å². The lowest BCUT2D eigenvalue weighted by atomic mass is 10.1. The number of rotatable bonds is 3. The normalized spacial score (nSPS) is 18.4. The first-order valence-electron chi connectivity index (χ1n) is 8.17. The lowest BCUT2D eigenvalue weighted by molar-refractivity contribution is -0.119. The third-order valence-electron chi connectivity index (χ3n) is 4.59. The zero-order chi connectivity index (χ0) is 18.3. The second kappa shape index (κ2) is 6.21. The molecule has 0 spiro atoms. The van der Waals surface area contributed by atoms with Crippen molar-refractivity contribution in [2.75, 3.05) is 11.4 Å². The number of nitrogens with one attached hydrogen (secondary N) is 1. The van der Waals surface area contributed by atoms with Crippen molar-refractivity contribution in [2.24, 2.45) is 0 Å². The van der Waals surface area contributed by atoms with Gasteiger partial charge in [-0.15, -0.1) is 0 Å². The molecule has 6 nitrogen and oxygen atoms in total. The van der Waals surface area contributed by atoms with Crippen LogP contribution in [0.15, 0.2) is 53.7 Å². The van der Waals surface area contributed by atoms with Gasteiger partial charge >= 0.3 is 0 Å². The molecule has 0 bridgehead atoms. The molecule has 134 valence electrons. The molecule has 2 aromatic heterocycles. The van der Waals surface area contributed by atoms with Crippen LogP contribution in [0.3, 0.4) is 0 Å². The Bertz CT molecular complexity index is 1090. The van der Waals surface area contributed by atoms with Gasteiger partial charge in [-0.3, -0.25) is 9.78 Å². The Hall–Kier alpha value is -2.74. The number of anilines is 1. The molecule has 1 aromatic carbocycles. The van der Waals surface area contributed by atoms with E-state index in [4.69, 9.17) is 0 Å². The molecule has 1 unspecified atom stereocenters. The summed E-state index contributed by atoms with van der Waals surface area (Å²) in [5.74, 6) is -0.757. The molecule has 1 aliphatic rings. The lowest BCUT2D eigenvalue weighted by Gasteiger charge is -2.35. The molecule has 4 rings (SSSR count). The number of nitrogens with zero attached hydrogens (tertiary/aromatic N) is 2. The van der Waals surface area contributed by atoms with Gasteiger partial charge in [-0.2, -0.15) is 0 Å². The molecule has 0 aliphatic carbocycles. The van der Waals surface area contributed by atoms with E-state index in [1.807, 2.05) is 6.07 Å². The van der Waals surface area contributed by atoms with Gasteiger partial charge in [-0.1, -0.05) is 6.07 Å². The topological polar surface area (TPSA) is 83.1 Å². The number of piperidine rings is 1. The summed E-state index contributed by atoms with van der Waals surface area (Å²) in [6.45, 7) is 0.265. The van der Waals surface area contributed by atoms with Crippen LogP contribution < -0.4 is 4.90 Å². The van der Waals surface area contributed by atoms with Crippen molar-refractivity contribution in [3.63, 3.8) is 0 Å². The summed E-state index contributed by atoms with van der Waals surface area (Å²) < 4.78 is 39.8. The quantitative estimate of drug-likeness (QED) is 0.763. The molecule has 1 saturated heterocycles. The van der Waals surface area contributed by atoms with Gasteiger partial charge in [0.05, 0.1) is 16.1 Å². The summed E-state index contributed by atoms with van der Waals surface area (Å²) in [5, 5.41) is -1.09. The summed E-state index contributed by atoms with van der Waals surface area (Å²) in [6, 6.07) is 8.50. The molecule has 0 saturated carbocycles. The number of carbonyl (C=O) groups excluding carboxylic acids is 1. The highest BCUT2D eigenvalue weighted by Crippen LogP contribution is 2.33. The second-order valence-corrected chi connectivity index (χ2v) is 8.32. The molecule has 1 N–H and O–H groups in total. The van der Waals surface area contributed by atoms with Crippen molar-refractivity contribution in [2.45, 2.75) is 23.1 Å². The van der Waals surface area contributed by atoms with Gasteiger partial charge in [0.15, 0.2) is 9.84 Å².